The van der Waals surface area contributed by atoms with Gasteiger partial charge in [0.2, 0.25) is 10.0 Å². The van der Waals surface area contributed by atoms with E-state index < -0.39 is 28.0 Å². The molecule has 1 aromatic heterocycles. The van der Waals surface area contributed by atoms with E-state index in [1.165, 1.54) is 16.1 Å². The number of aryl methyl sites for hydroxylation is 1. The fourth-order valence-corrected chi connectivity index (χ4v) is 4.52. The number of aromatic nitrogens is 2. The summed E-state index contributed by atoms with van der Waals surface area (Å²) in [6.45, 7) is 2.32. The minimum Gasteiger partial charge on any atom is -0.335 e. The lowest BCUT2D eigenvalue weighted by Gasteiger charge is -2.34. The molecule has 2 heterocycles. The lowest BCUT2D eigenvalue weighted by atomic mass is 10.2. The van der Waals surface area contributed by atoms with Crippen LogP contribution >= 0.6 is 0 Å². The van der Waals surface area contributed by atoms with E-state index >= 15 is 0 Å². The first-order valence-corrected chi connectivity index (χ1v) is 9.21. The minimum atomic E-state index is -3.26. The molecule has 0 unspecified atom stereocenters. The van der Waals surface area contributed by atoms with E-state index in [1.54, 1.807) is 0 Å². The van der Waals surface area contributed by atoms with Gasteiger partial charge in [0, 0.05) is 26.2 Å². The van der Waals surface area contributed by atoms with E-state index in [4.69, 9.17) is 0 Å². The SMILES string of the molecule is Cc1nc(C(=O)N2CCN(S(=O)(=O)C3CC3)CC2)cc(C(F)F)n1. The Kier molecular flexibility index (Phi) is 4.52. The van der Waals surface area contributed by atoms with Crippen LogP contribution in [0.4, 0.5) is 8.78 Å². The highest BCUT2D eigenvalue weighted by molar-refractivity contribution is 7.90. The predicted octanol–water partition coefficient (Wildman–Crippen LogP) is 0.973. The summed E-state index contributed by atoms with van der Waals surface area (Å²) in [5.41, 5.74) is -0.572. The summed E-state index contributed by atoms with van der Waals surface area (Å²) in [4.78, 5) is 21.4. The smallest absolute Gasteiger partial charge is 0.280 e. The van der Waals surface area contributed by atoms with Crippen LogP contribution in [0.1, 0.15) is 41.3 Å². The zero-order valence-electron chi connectivity index (χ0n) is 13.2. The van der Waals surface area contributed by atoms with Gasteiger partial charge in [0.05, 0.1) is 5.25 Å². The van der Waals surface area contributed by atoms with Crippen molar-refractivity contribution in [3.63, 3.8) is 0 Å². The number of hydrogen-bond acceptors (Lipinski definition) is 5. The molecule has 0 spiro atoms. The standard InChI is InChI=1S/C14H18F2N4O3S/c1-9-17-11(13(15)16)8-12(18-9)14(21)19-4-6-20(7-5-19)24(22,23)10-2-3-10/h8,10,13H,2-7H2,1H3. The van der Waals surface area contributed by atoms with Crippen molar-refractivity contribution in [2.45, 2.75) is 31.4 Å². The van der Waals surface area contributed by atoms with Crippen LogP contribution in [0.5, 0.6) is 0 Å². The molecule has 1 aromatic rings. The predicted molar refractivity (Wildman–Crippen MR) is 81.1 cm³/mol. The average Bonchev–Trinajstić information content (AvgIpc) is 3.39. The molecule has 0 bridgehead atoms. The van der Waals surface area contributed by atoms with Gasteiger partial charge < -0.3 is 4.90 Å². The summed E-state index contributed by atoms with van der Waals surface area (Å²) in [6.07, 6.45) is -1.39. The van der Waals surface area contributed by atoms with Gasteiger partial charge >= 0.3 is 0 Å². The Bertz CT molecular complexity index is 744. The second-order valence-electron chi connectivity index (χ2n) is 5.96. The molecule has 1 aliphatic heterocycles. The molecule has 1 saturated heterocycles. The van der Waals surface area contributed by atoms with E-state index in [-0.39, 0.29) is 42.9 Å². The maximum absolute atomic E-state index is 12.8. The Morgan fingerprint density at radius 1 is 1.21 bits per heavy atom. The number of piperazine rings is 1. The van der Waals surface area contributed by atoms with Crippen LogP contribution in [0.2, 0.25) is 0 Å². The molecule has 0 radical (unpaired) electrons. The van der Waals surface area contributed by atoms with E-state index in [1.807, 2.05) is 0 Å². The van der Waals surface area contributed by atoms with Crippen molar-refractivity contribution in [1.82, 2.24) is 19.2 Å². The molecule has 1 aliphatic carbocycles. The van der Waals surface area contributed by atoms with Crippen molar-refractivity contribution in [3.8, 4) is 0 Å². The van der Waals surface area contributed by atoms with Crippen molar-refractivity contribution in [3.05, 3.63) is 23.3 Å². The number of sulfonamides is 1. The maximum atomic E-state index is 12.8. The number of amides is 1. The van der Waals surface area contributed by atoms with Crippen LogP contribution in [-0.4, -0.2) is 64.9 Å². The molecule has 2 aliphatic rings. The van der Waals surface area contributed by atoms with Crippen molar-refractivity contribution < 1.29 is 22.0 Å². The normalized spacial score (nSPS) is 19.8. The Morgan fingerprint density at radius 3 is 2.38 bits per heavy atom. The van der Waals surface area contributed by atoms with Crippen LogP contribution in [0.15, 0.2) is 6.07 Å². The summed E-state index contributed by atoms with van der Waals surface area (Å²) in [6, 6.07) is 0.993. The number of rotatable bonds is 4. The maximum Gasteiger partial charge on any atom is 0.280 e. The number of alkyl halides is 2. The number of carbonyl (C=O) groups is 1. The molecule has 3 rings (SSSR count). The monoisotopic (exact) mass is 360 g/mol. The third-order valence-corrected chi connectivity index (χ3v) is 6.53. The van der Waals surface area contributed by atoms with E-state index in [2.05, 4.69) is 9.97 Å². The van der Waals surface area contributed by atoms with Crippen LogP contribution in [0.25, 0.3) is 0 Å². The third-order valence-electron chi connectivity index (χ3n) is 4.13. The molecule has 24 heavy (non-hydrogen) atoms. The second-order valence-corrected chi connectivity index (χ2v) is 8.17. The van der Waals surface area contributed by atoms with E-state index in [0.29, 0.717) is 12.8 Å². The van der Waals surface area contributed by atoms with E-state index in [0.717, 1.165) is 6.07 Å². The molecule has 0 atom stereocenters. The topological polar surface area (TPSA) is 83.5 Å². The second kappa shape index (κ2) is 6.32. The number of hydrogen-bond donors (Lipinski definition) is 0. The van der Waals surface area contributed by atoms with Gasteiger partial charge in [-0.05, 0) is 25.8 Å². The molecule has 0 N–H and O–H groups in total. The Balaban J connectivity index is 1.69. The van der Waals surface area contributed by atoms with Gasteiger partial charge in [-0.15, -0.1) is 0 Å². The largest absolute Gasteiger partial charge is 0.335 e. The van der Waals surface area contributed by atoms with Gasteiger partial charge in [-0.25, -0.2) is 27.2 Å². The summed E-state index contributed by atoms with van der Waals surface area (Å²) >= 11 is 0. The number of nitrogens with zero attached hydrogens (tertiary/aromatic N) is 4. The van der Waals surface area contributed by atoms with Gasteiger partial charge in [0.15, 0.2) is 0 Å². The van der Waals surface area contributed by atoms with Gasteiger partial charge in [-0.2, -0.15) is 4.31 Å². The third kappa shape index (κ3) is 3.39. The average molecular weight is 360 g/mol. The summed E-state index contributed by atoms with van der Waals surface area (Å²) in [5.74, 6) is -0.378. The Labute approximate surface area is 138 Å². The van der Waals surface area contributed by atoms with Gasteiger partial charge in [-0.3, -0.25) is 4.79 Å². The lowest BCUT2D eigenvalue weighted by Crippen LogP contribution is -2.51. The number of halogens is 2. The molecule has 2 fully saturated rings. The summed E-state index contributed by atoms with van der Waals surface area (Å²) in [7, 11) is -3.26. The molecule has 1 amide bonds. The number of carbonyl (C=O) groups excluding carboxylic acids is 1. The lowest BCUT2D eigenvalue weighted by molar-refractivity contribution is 0.0690. The molecular formula is C14H18F2N4O3S. The Morgan fingerprint density at radius 2 is 1.83 bits per heavy atom. The van der Waals surface area contributed by atoms with E-state index in [9.17, 15) is 22.0 Å². The highest BCUT2D eigenvalue weighted by atomic mass is 32.2. The van der Waals surface area contributed by atoms with Crippen molar-refractivity contribution in [2.24, 2.45) is 0 Å². The molecule has 7 nitrogen and oxygen atoms in total. The summed E-state index contributed by atoms with van der Waals surface area (Å²) in [5, 5.41) is -0.280. The highest BCUT2D eigenvalue weighted by Crippen LogP contribution is 2.31. The fraction of sp³-hybridized carbons (Fsp3) is 0.643. The van der Waals surface area contributed by atoms with Crippen LogP contribution in [0, 0.1) is 6.92 Å². The van der Waals surface area contributed by atoms with Crippen molar-refractivity contribution in [2.75, 3.05) is 26.2 Å². The quantitative estimate of drug-likeness (QED) is 0.799. The van der Waals surface area contributed by atoms with Crippen LogP contribution in [0.3, 0.4) is 0 Å². The van der Waals surface area contributed by atoms with Gasteiger partial charge in [-0.1, -0.05) is 0 Å². The van der Waals surface area contributed by atoms with Gasteiger partial charge in [0.1, 0.15) is 17.2 Å². The first-order chi connectivity index (χ1) is 11.3. The Hall–Kier alpha value is -1.68. The summed E-state index contributed by atoms with van der Waals surface area (Å²) < 4.78 is 51.4. The first-order valence-electron chi connectivity index (χ1n) is 7.71. The van der Waals surface area contributed by atoms with Gasteiger partial charge in [0.25, 0.3) is 12.3 Å². The highest BCUT2D eigenvalue weighted by Gasteiger charge is 2.41. The van der Waals surface area contributed by atoms with Crippen LogP contribution in [-0.2, 0) is 10.0 Å². The first kappa shape index (κ1) is 17.2. The molecule has 10 heteroatoms. The molecular weight excluding hydrogens is 342 g/mol. The van der Waals surface area contributed by atoms with Crippen LogP contribution < -0.4 is 0 Å². The molecule has 132 valence electrons. The minimum absolute atomic E-state index is 0.0868. The zero-order valence-corrected chi connectivity index (χ0v) is 14.0. The van der Waals surface area contributed by atoms with Crippen molar-refractivity contribution in [1.29, 1.82) is 0 Å². The fourth-order valence-electron chi connectivity index (χ4n) is 2.70. The molecule has 0 aromatic carbocycles. The van der Waals surface area contributed by atoms with Crippen molar-refractivity contribution >= 4 is 15.9 Å². The zero-order chi connectivity index (χ0) is 17.5. The molecule has 1 saturated carbocycles.